The van der Waals surface area contributed by atoms with Crippen molar-refractivity contribution in [2.75, 3.05) is 6.61 Å². The van der Waals surface area contributed by atoms with Crippen LogP contribution in [0.2, 0.25) is 0 Å². The standard InChI is InChI=1S/C13H16FNO2/c1-9(2)13(3,16)8-17-12-6-4-5-11(14)10(12)7-15/h4-6,9,16H,8H2,1-3H3. The zero-order valence-corrected chi connectivity index (χ0v) is 10.2. The monoisotopic (exact) mass is 237 g/mol. The Morgan fingerprint density at radius 2 is 2.18 bits per heavy atom. The van der Waals surface area contributed by atoms with Crippen LogP contribution in [0.4, 0.5) is 4.39 Å². The van der Waals surface area contributed by atoms with Gasteiger partial charge in [0.25, 0.3) is 0 Å². The highest BCUT2D eigenvalue weighted by Gasteiger charge is 2.26. The highest BCUT2D eigenvalue weighted by Crippen LogP contribution is 2.23. The Bertz CT molecular complexity index is 436. The molecule has 0 aliphatic heterocycles. The predicted molar refractivity (Wildman–Crippen MR) is 62.1 cm³/mol. The Hall–Kier alpha value is -1.60. The summed E-state index contributed by atoms with van der Waals surface area (Å²) in [6, 6.07) is 5.93. The maximum absolute atomic E-state index is 13.3. The van der Waals surface area contributed by atoms with Crippen LogP contribution in [0, 0.1) is 23.1 Å². The van der Waals surface area contributed by atoms with Crippen LogP contribution in [0.25, 0.3) is 0 Å². The van der Waals surface area contributed by atoms with Crippen LogP contribution in [0.5, 0.6) is 5.75 Å². The van der Waals surface area contributed by atoms with Crippen molar-refractivity contribution in [3.05, 3.63) is 29.6 Å². The summed E-state index contributed by atoms with van der Waals surface area (Å²) in [6.07, 6.45) is 0. The summed E-state index contributed by atoms with van der Waals surface area (Å²) in [5.74, 6) is -0.454. The fourth-order valence-corrected chi connectivity index (χ4v) is 1.12. The molecule has 0 radical (unpaired) electrons. The molecule has 0 fully saturated rings. The third kappa shape index (κ3) is 3.18. The fraction of sp³-hybridized carbons (Fsp3) is 0.462. The summed E-state index contributed by atoms with van der Waals surface area (Å²) in [6.45, 7) is 5.38. The molecular formula is C13H16FNO2. The lowest BCUT2D eigenvalue weighted by Gasteiger charge is -2.27. The van der Waals surface area contributed by atoms with Crippen molar-refractivity contribution in [2.24, 2.45) is 5.92 Å². The lowest BCUT2D eigenvalue weighted by molar-refractivity contribution is -0.0267. The summed E-state index contributed by atoms with van der Waals surface area (Å²) in [4.78, 5) is 0. The van der Waals surface area contributed by atoms with Gasteiger partial charge in [-0.1, -0.05) is 19.9 Å². The molecule has 92 valence electrons. The van der Waals surface area contributed by atoms with E-state index in [1.807, 2.05) is 13.8 Å². The van der Waals surface area contributed by atoms with Gasteiger partial charge in [-0.3, -0.25) is 0 Å². The first-order valence-corrected chi connectivity index (χ1v) is 5.42. The first-order chi connectivity index (χ1) is 7.88. The maximum Gasteiger partial charge on any atom is 0.144 e. The van der Waals surface area contributed by atoms with Gasteiger partial charge in [0, 0.05) is 0 Å². The van der Waals surface area contributed by atoms with E-state index in [0.29, 0.717) is 0 Å². The average molecular weight is 237 g/mol. The third-order valence-electron chi connectivity index (χ3n) is 2.85. The molecule has 1 rings (SSSR count). The Labute approximate surface area is 100 Å². The first kappa shape index (κ1) is 13.5. The van der Waals surface area contributed by atoms with E-state index in [0.717, 1.165) is 0 Å². The van der Waals surface area contributed by atoms with E-state index in [1.54, 1.807) is 13.0 Å². The van der Waals surface area contributed by atoms with Crippen LogP contribution in [0.15, 0.2) is 18.2 Å². The van der Waals surface area contributed by atoms with Crippen molar-refractivity contribution in [3.63, 3.8) is 0 Å². The Morgan fingerprint density at radius 3 is 2.71 bits per heavy atom. The van der Waals surface area contributed by atoms with Gasteiger partial charge in [0.2, 0.25) is 0 Å². The van der Waals surface area contributed by atoms with Crippen molar-refractivity contribution >= 4 is 0 Å². The van der Waals surface area contributed by atoms with E-state index in [4.69, 9.17) is 10.00 Å². The molecule has 1 unspecified atom stereocenters. The number of aliphatic hydroxyl groups is 1. The van der Waals surface area contributed by atoms with Crippen molar-refractivity contribution in [2.45, 2.75) is 26.4 Å². The molecule has 17 heavy (non-hydrogen) atoms. The van der Waals surface area contributed by atoms with Crippen LogP contribution in [-0.4, -0.2) is 17.3 Å². The van der Waals surface area contributed by atoms with E-state index in [2.05, 4.69) is 0 Å². The van der Waals surface area contributed by atoms with E-state index < -0.39 is 11.4 Å². The average Bonchev–Trinajstić information content (AvgIpc) is 2.26. The second-order valence-electron chi connectivity index (χ2n) is 4.53. The Morgan fingerprint density at radius 1 is 1.53 bits per heavy atom. The lowest BCUT2D eigenvalue weighted by atomic mass is 9.94. The van der Waals surface area contributed by atoms with Gasteiger partial charge in [-0.15, -0.1) is 0 Å². The minimum Gasteiger partial charge on any atom is -0.489 e. The molecule has 0 heterocycles. The molecule has 0 saturated carbocycles. The van der Waals surface area contributed by atoms with Gasteiger partial charge in [0.15, 0.2) is 0 Å². The molecular weight excluding hydrogens is 221 g/mol. The molecule has 0 aliphatic carbocycles. The topological polar surface area (TPSA) is 53.2 Å². The molecule has 1 N–H and O–H groups in total. The molecule has 3 nitrogen and oxygen atoms in total. The number of hydrogen-bond donors (Lipinski definition) is 1. The largest absolute Gasteiger partial charge is 0.489 e. The van der Waals surface area contributed by atoms with Gasteiger partial charge < -0.3 is 9.84 Å². The van der Waals surface area contributed by atoms with Crippen LogP contribution < -0.4 is 4.74 Å². The number of ether oxygens (including phenoxy) is 1. The number of halogens is 1. The Kier molecular flexibility index (Phi) is 4.08. The van der Waals surface area contributed by atoms with Gasteiger partial charge in [-0.25, -0.2) is 4.39 Å². The fourth-order valence-electron chi connectivity index (χ4n) is 1.12. The molecule has 4 heteroatoms. The third-order valence-corrected chi connectivity index (χ3v) is 2.85. The number of nitrogens with zero attached hydrogens (tertiary/aromatic N) is 1. The summed E-state index contributed by atoms with van der Waals surface area (Å²) in [7, 11) is 0. The van der Waals surface area contributed by atoms with Crippen molar-refractivity contribution in [1.29, 1.82) is 5.26 Å². The van der Waals surface area contributed by atoms with E-state index in [-0.39, 0.29) is 23.8 Å². The second-order valence-corrected chi connectivity index (χ2v) is 4.53. The smallest absolute Gasteiger partial charge is 0.144 e. The minimum absolute atomic E-state index is 0.00148. The molecule has 1 atom stereocenters. The number of benzene rings is 1. The quantitative estimate of drug-likeness (QED) is 0.875. The summed E-state index contributed by atoms with van der Waals surface area (Å²) in [5, 5.41) is 18.8. The van der Waals surface area contributed by atoms with Gasteiger partial charge >= 0.3 is 0 Å². The maximum atomic E-state index is 13.3. The number of hydrogen-bond acceptors (Lipinski definition) is 3. The number of rotatable bonds is 4. The van der Waals surface area contributed by atoms with Crippen molar-refractivity contribution < 1.29 is 14.2 Å². The SMILES string of the molecule is CC(C)C(C)(O)COc1cccc(F)c1C#N. The Balaban J connectivity index is 2.84. The van der Waals surface area contributed by atoms with E-state index in [1.165, 1.54) is 18.2 Å². The molecule has 0 spiro atoms. The molecule has 1 aromatic rings. The predicted octanol–water partition coefficient (Wildman–Crippen LogP) is 2.48. The molecule has 0 bridgehead atoms. The lowest BCUT2D eigenvalue weighted by Crippen LogP contribution is -2.37. The molecule has 0 saturated heterocycles. The van der Waals surface area contributed by atoms with Gasteiger partial charge in [0.05, 0.1) is 5.60 Å². The highest BCUT2D eigenvalue weighted by atomic mass is 19.1. The zero-order valence-electron chi connectivity index (χ0n) is 10.2. The van der Waals surface area contributed by atoms with E-state index >= 15 is 0 Å². The zero-order chi connectivity index (χ0) is 13.1. The van der Waals surface area contributed by atoms with Gasteiger partial charge in [-0.05, 0) is 25.0 Å². The van der Waals surface area contributed by atoms with Crippen LogP contribution in [-0.2, 0) is 0 Å². The summed E-state index contributed by atoms with van der Waals surface area (Å²) < 4.78 is 18.6. The van der Waals surface area contributed by atoms with Gasteiger partial charge in [-0.2, -0.15) is 5.26 Å². The summed E-state index contributed by atoms with van der Waals surface area (Å²) in [5.41, 5.74) is -1.15. The normalized spacial score (nSPS) is 14.2. The van der Waals surface area contributed by atoms with E-state index in [9.17, 15) is 9.50 Å². The summed E-state index contributed by atoms with van der Waals surface area (Å²) >= 11 is 0. The molecule has 0 aliphatic rings. The molecule has 0 amide bonds. The van der Waals surface area contributed by atoms with Crippen LogP contribution in [0.3, 0.4) is 0 Å². The van der Waals surface area contributed by atoms with Gasteiger partial charge in [0.1, 0.15) is 29.8 Å². The second kappa shape index (κ2) is 5.15. The van der Waals surface area contributed by atoms with Crippen molar-refractivity contribution in [3.8, 4) is 11.8 Å². The number of nitriles is 1. The molecule has 1 aromatic carbocycles. The first-order valence-electron chi connectivity index (χ1n) is 5.42. The minimum atomic E-state index is -1.01. The van der Waals surface area contributed by atoms with Crippen molar-refractivity contribution in [1.82, 2.24) is 0 Å². The van der Waals surface area contributed by atoms with Crippen LogP contribution >= 0.6 is 0 Å². The highest BCUT2D eigenvalue weighted by molar-refractivity contribution is 5.43. The molecule has 0 aromatic heterocycles. The van der Waals surface area contributed by atoms with Crippen LogP contribution in [0.1, 0.15) is 26.3 Å².